The number of H-pyrrole nitrogens is 1. The fourth-order valence-corrected chi connectivity index (χ4v) is 1.77. The molecule has 108 valence electrons. The molecule has 0 saturated heterocycles. The highest BCUT2D eigenvalue weighted by Crippen LogP contribution is 2.12. The first-order chi connectivity index (χ1) is 10.1. The Morgan fingerprint density at radius 2 is 2.05 bits per heavy atom. The lowest BCUT2D eigenvalue weighted by Gasteiger charge is -2.12. The molecule has 0 bridgehead atoms. The van der Waals surface area contributed by atoms with Gasteiger partial charge in [0.05, 0.1) is 12.2 Å². The van der Waals surface area contributed by atoms with Crippen molar-refractivity contribution in [3.8, 4) is 0 Å². The number of aromatic amines is 1. The third-order valence-electron chi connectivity index (χ3n) is 2.96. The number of benzene rings is 1. The van der Waals surface area contributed by atoms with Crippen LogP contribution in [0, 0.1) is 0 Å². The lowest BCUT2D eigenvalue weighted by atomic mass is 10.1. The summed E-state index contributed by atoms with van der Waals surface area (Å²) >= 11 is 0. The minimum absolute atomic E-state index is 0.150. The Bertz CT molecular complexity index is 645. The smallest absolute Gasteiger partial charge is 0.328 e. The zero-order chi connectivity index (χ0) is 15.2. The van der Waals surface area contributed by atoms with E-state index in [9.17, 15) is 9.59 Å². The normalized spacial score (nSPS) is 12.2. The Morgan fingerprint density at radius 3 is 2.62 bits per heavy atom. The summed E-state index contributed by atoms with van der Waals surface area (Å²) in [7, 11) is 0. The lowest BCUT2D eigenvalue weighted by molar-refractivity contribution is -0.131. The number of hydrogen-bond donors (Lipinski definition) is 3. The molecule has 1 atom stereocenters. The van der Waals surface area contributed by atoms with Crippen molar-refractivity contribution in [2.75, 3.05) is 0 Å². The molecule has 0 radical (unpaired) electrons. The fourth-order valence-electron chi connectivity index (χ4n) is 1.77. The maximum Gasteiger partial charge on any atom is 0.328 e. The summed E-state index contributed by atoms with van der Waals surface area (Å²) in [4.78, 5) is 22.5. The molecule has 21 heavy (non-hydrogen) atoms. The van der Waals surface area contributed by atoms with Gasteiger partial charge in [0.25, 0.3) is 5.91 Å². The molecule has 1 unspecified atom stereocenters. The SMILES string of the molecule is CC(NC(=O)c1ccc(/C=C/C(=O)O)cc1)c1cn[nH]c1. The topological polar surface area (TPSA) is 95.1 Å². The second kappa shape index (κ2) is 6.51. The number of carbonyl (C=O) groups excluding carboxylic acids is 1. The van der Waals surface area contributed by atoms with E-state index >= 15 is 0 Å². The summed E-state index contributed by atoms with van der Waals surface area (Å²) in [5.74, 6) is -1.21. The Morgan fingerprint density at radius 1 is 1.33 bits per heavy atom. The Kier molecular flexibility index (Phi) is 4.50. The van der Waals surface area contributed by atoms with E-state index in [-0.39, 0.29) is 11.9 Å². The Labute approximate surface area is 121 Å². The van der Waals surface area contributed by atoms with Gasteiger partial charge >= 0.3 is 5.97 Å². The number of carboxylic acid groups (broad SMARTS) is 1. The van der Waals surface area contributed by atoms with Crippen LogP contribution in [0.4, 0.5) is 0 Å². The molecule has 1 aromatic carbocycles. The summed E-state index contributed by atoms with van der Waals surface area (Å²) in [6.07, 6.45) is 5.91. The van der Waals surface area contributed by atoms with Gasteiger partial charge in [-0.3, -0.25) is 9.89 Å². The number of nitrogens with zero attached hydrogens (tertiary/aromatic N) is 1. The average molecular weight is 285 g/mol. The second-order valence-electron chi connectivity index (χ2n) is 4.52. The molecule has 6 heteroatoms. The number of nitrogens with one attached hydrogen (secondary N) is 2. The van der Waals surface area contributed by atoms with Gasteiger partial charge in [0.15, 0.2) is 0 Å². The van der Waals surface area contributed by atoms with Gasteiger partial charge in [0.2, 0.25) is 0 Å². The number of rotatable bonds is 5. The fraction of sp³-hybridized carbons (Fsp3) is 0.133. The van der Waals surface area contributed by atoms with Crippen LogP contribution in [0.2, 0.25) is 0 Å². The van der Waals surface area contributed by atoms with Crippen LogP contribution in [0.5, 0.6) is 0 Å². The highest BCUT2D eigenvalue weighted by molar-refractivity contribution is 5.94. The number of carbonyl (C=O) groups is 2. The molecule has 1 amide bonds. The molecule has 0 saturated carbocycles. The highest BCUT2D eigenvalue weighted by atomic mass is 16.4. The molecule has 2 rings (SSSR count). The van der Waals surface area contributed by atoms with E-state index in [1.165, 1.54) is 6.08 Å². The maximum absolute atomic E-state index is 12.1. The molecular formula is C15H15N3O3. The first kappa shape index (κ1) is 14.5. The molecule has 1 aromatic heterocycles. The molecule has 0 aliphatic heterocycles. The van der Waals surface area contributed by atoms with Gasteiger partial charge in [0, 0.05) is 23.4 Å². The number of amides is 1. The predicted molar refractivity (Wildman–Crippen MR) is 77.6 cm³/mol. The molecule has 0 spiro atoms. The van der Waals surface area contributed by atoms with Crippen LogP contribution in [0.3, 0.4) is 0 Å². The van der Waals surface area contributed by atoms with Gasteiger partial charge in [-0.15, -0.1) is 0 Å². The van der Waals surface area contributed by atoms with Crippen molar-refractivity contribution in [3.63, 3.8) is 0 Å². The van der Waals surface area contributed by atoms with Gasteiger partial charge in [-0.1, -0.05) is 12.1 Å². The van der Waals surface area contributed by atoms with Gasteiger partial charge in [-0.2, -0.15) is 5.10 Å². The summed E-state index contributed by atoms with van der Waals surface area (Å²) in [6.45, 7) is 1.87. The van der Waals surface area contributed by atoms with E-state index in [0.717, 1.165) is 17.2 Å². The summed E-state index contributed by atoms with van der Waals surface area (Å²) in [5, 5.41) is 17.9. The van der Waals surface area contributed by atoms with E-state index in [1.54, 1.807) is 36.7 Å². The van der Waals surface area contributed by atoms with Crippen molar-refractivity contribution in [3.05, 3.63) is 59.4 Å². The molecule has 2 aromatic rings. The first-order valence-corrected chi connectivity index (χ1v) is 6.37. The van der Waals surface area contributed by atoms with Crippen molar-refractivity contribution in [1.29, 1.82) is 0 Å². The van der Waals surface area contributed by atoms with Crippen LogP contribution in [0.1, 0.15) is 34.5 Å². The molecule has 1 heterocycles. The van der Waals surface area contributed by atoms with Crippen LogP contribution < -0.4 is 5.32 Å². The number of aliphatic carboxylic acids is 1. The highest BCUT2D eigenvalue weighted by Gasteiger charge is 2.11. The van der Waals surface area contributed by atoms with Crippen molar-refractivity contribution in [2.45, 2.75) is 13.0 Å². The summed E-state index contributed by atoms with van der Waals surface area (Å²) in [6, 6.07) is 6.54. The summed E-state index contributed by atoms with van der Waals surface area (Å²) in [5.41, 5.74) is 2.12. The van der Waals surface area contributed by atoms with E-state index in [1.807, 2.05) is 6.92 Å². The van der Waals surface area contributed by atoms with E-state index in [2.05, 4.69) is 15.5 Å². The average Bonchev–Trinajstić information content (AvgIpc) is 3.00. The van der Waals surface area contributed by atoms with E-state index in [4.69, 9.17) is 5.11 Å². The quantitative estimate of drug-likeness (QED) is 0.732. The molecule has 0 fully saturated rings. The minimum atomic E-state index is -1.01. The van der Waals surface area contributed by atoms with Crippen molar-refractivity contribution in [1.82, 2.24) is 15.5 Å². The molecular weight excluding hydrogens is 270 g/mol. The zero-order valence-electron chi connectivity index (χ0n) is 11.4. The Balaban J connectivity index is 2.01. The number of aromatic nitrogens is 2. The van der Waals surface area contributed by atoms with Crippen molar-refractivity contribution >= 4 is 18.0 Å². The monoisotopic (exact) mass is 285 g/mol. The number of carboxylic acids is 1. The van der Waals surface area contributed by atoms with Gasteiger partial charge < -0.3 is 10.4 Å². The van der Waals surface area contributed by atoms with Crippen LogP contribution in [-0.4, -0.2) is 27.2 Å². The standard InChI is InChI=1S/C15H15N3O3/c1-10(13-8-16-17-9-13)18-15(21)12-5-2-11(3-6-12)4-7-14(19)20/h2-10H,1H3,(H,16,17)(H,18,21)(H,19,20)/b7-4+. The van der Waals surface area contributed by atoms with Crippen LogP contribution >= 0.6 is 0 Å². The van der Waals surface area contributed by atoms with E-state index in [0.29, 0.717) is 5.56 Å². The largest absolute Gasteiger partial charge is 0.478 e. The third kappa shape index (κ3) is 4.04. The van der Waals surface area contributed by atoms with Crippen LogP contribution in [0.25, 0.3) is 6.08 Å². The van der Waals surface area contributed by atoms with Gasteiger partial charge in [-0.05, 0) is 30.7 Å². The van der Waals surface area contributed by atoms with Crippen molar-refractivity contribution < 1.29 is 14.7 Å². The molecule has 0 aliphatic carbocycles. The van der Waals surface area contributed by atoms with E-state index < -0.39 is 5.97 Å². The third-order valence-corrected chi connectivity index (χ3v) is 2.96. The van der Waals surface area contributed by atoms with Crippen molar-refractivity contribution in [2.24, 2.45) is 0 Å². The summed E-state index contributed by atoms with van der Waals surface area (Å²) < 4.78 is 0. The minimum Gasteiger partial charge on any atom is -0.478 e. The maximum atomic E-state index is 12.1. The molecule has 6 nitrogen and oxygen atoms in total. The second-order valence-corrected chi connectivity index (χ2v) is 4.52. The Hall–Kier alpha value is -2.89. The number of hydrogen-bond acceptors (Lipinski definition) is 3. The van der Waals surface area contributed by atoms with Gasteiger partial charge in [-0.25, -0.2) is 4.79 Å². The first-order valence-electron chi connectivity index (χ1n) is 6.37. The molecule has 0 aliphatic rings. The lowest BCUT2D eigenvalue weighted by Crippen LogP contribution is -2.26. The van der Waals surface area contributed by atoms with Gasteiger partial charge in [0.1, 0.15) is 0 Å². The van der Waals surface area contributed by atoms with Crippen LogP contribution in [-0.2, 0) is 4.79 Å². The zero-order valence-corrected chi connectivity index (χ0v) is 11.4. The predicted octanol–water partition coefficient (Wildman–Crippen LogP) is 2.00. The molecule has 3 N–H and O–H groups in total. The van der Waals surface area contributed by atoms with Crippen LogP contribution in [0.15, 0.2) is 42.7 Å².